The number of hydrogen-bond donors (Lipinski definition) is 3. The first kappa shape index (κ1) is 19.2. The van der Waals surface area contributed by atoms with Gasteiger partial charge in [-0.05, 0) is 30.4 Å². The van der Waals surface area contributed by atoms with Gasteiger partial charge in [0.2, 0.25) is 5.91 Å². The highest BCUT2D eigenvalue weighted by molar-refractivity contribution is 6.05. The Morgan fingerprint density at radius 1 is 1.00 bits per heavy atom. The average Bonchev–Trinajstić information content (AvgIpc) is 3.28. The molecule has 3 atom stereocenters. The molecule has 0 radical (unpaired) electrons. The van der Waals surface area contributed by atoms with Crippen LogP contribution < -0.4 is 16.4 Å². The summed E-state index contributed by atoms with van der Waals surface area (Å²) in [6.07, 6.45) is 3.11. The highest BCUT2D eigenvalue weighted by atomic mass is 16.2. The molecule has 5 rings (SSSR count). The van der Waals surface area contributed by atoms with Gasteiger partial charge >= 0.3 is 12.1 Å². The van der Waals surface area contributed by atoms with Crippen molar-refractivity contribution in [1.82, 2.24) is 14.8 Å². The number of fused-ring (bicyclic) bond motifs is 2. The fourth-order valence-corrected chi connectivity index (χ4v) is 4.53. The summed E-state index contributed by atoms with van der Waals surface area (Å²) in [5, 5.41) is 6.56. The maximum atomic E-state index is 13.2. The van der Waals surface area contributed by atoms with E-state index in [1.165, 1.54) is 10.8 Å². The highest BCUT2D eigenvalue weighted by Crippen LogP contribution is 2.48. The van der Waals surface area contributed by atoms with Gasteiger partial charge in [0.05, 0.1) is 11.2 Å². The summed E-state index contributed by atoms with van der Waals surface area (Å²) in [5.74, 6) is 0.218. The summed E-state index contributed by atoms with van der Waals surface area (Å²) in [7, 11) is 0. The Hall–Kier alpha value is -3.81. The second-order valence-corrected chi connectivity index (χ2v) is 8.12. The minimum atomic E-state index is -0.627. The lowest BCUT2D eigenvalue weighted by molar-refractivity contribution is -0.125. The lowest BCUT2D eigenvalue weighted by Gasteiger charge is -2.27. The van der Waals surface area contributed by atoms with Gasteiger partial charge in [-0.2, -0.15) is 0 Å². The third kappa shape index (κ3) is 3.50. The van der Waals surface area contributed by atoms with Gasteiger partial charge in [0.15, 0.2) is 0 Å². The first-order valence-electron chi connectivity index (χ1n) is 10.3. The monoisotopic (exact) mass is 417 g/mol. The zero-order valence-electron chi connectivity index (χ0n) is 16.8. The second-order valence-electron chi connectivity index (χ2n) is 8.12. The SMILES string of the molecule is NC(=O)n1cc(NC(=O)N2[C@@H]3C[C@@H]3C[C@H]2C(=O)NCc2ccccc2)c2ccccc21. The number of primary amides is 1. The molecule has 4 amide bonds. The molecule has 2 aromatic carbocycles. The summed E-state index contributed by atoms with van der Waals surface area (Å²) < 4.78 is 1.30. The molecule has 8 heteroatoms. The third-order valence-corrected chi connectivity index (χ3v) is 6.14. The van der Waals surface area contributed by atoms with Crippen LogP contribution >= 0.6 is 0 Å². The summed E-state index contributed by atoms with van der Waals surface area (Å²) >= 11 is 0. The number of carbonyl (C=O) groups is 3. The van der Waals surface area contributed by atoms with Crippen LogP contribution in [0.25, 0.3) is 10.9 Å². The van der Waals surface area contributed by atoms with E-state index in [1.807, 2.05) is 42.5 Å². The third-order valence-electron chi connectivity index (χ3n) is 6.14. The fourth-order valence-electron chi connectivity index (χ4n) is 4.53. The molecule has 2 fully saturated rings. The molecule has 31 heavy (non-hydrogen) atoms. The molecule has 1 aliphatic carbocycles. The van der Waals surface area contributed by atoms with Crippen LogP contribution in [-0.2, 0) is 11.3 Å². The molecular weight excluding hydrogens is 394 g/mol. The minimum Gasteiger partial charge on any atom is -0.351 e. The van der Waals surface area contributed by atoms with Gasteiger partial charge in [-0.25, -0.2) is 9.59 Å². The molecule has 1 saturated carbocycles. The number of nitrogens with zero attached hydrogens (tertiary/aromatic N) is 2. The van der Waals surface area contributed by atoms with E-state index in [2.05, 4.69) is 10.6 Å². The second kappa shape index (κ2) is 7.46. The highest BCUT2D eigenvalue weighted by Gasteiger charge is 2.56. The van der Waals surface area contributed by atoms with Crippen molar-refractivity contribution < 1.29 is 14.4 Å². The summed E-state index contributed by atoms with van der Waals surface area (Å²) in [6, 6.07) is 15.5. The van der Waals surface area contributed by atoms with E-state index in [9.17, 15) is 14.4 Å². The van der Waals surface area contributed by atoms with E-state index in [0.717, 1.165) is 12.0 Å². The van der Waals surface area contributed by atoms with Gasteiger partial charge in [-0.15, -0.1) is 0 Å². The van der Waals surface area contributed by atoms with Crippen LogP contribution in [0.3, 0.4) is 0 Å². The molecule has 1 aliphatic heterocycles. The lowest BCUT2D eigenvalue weighted by atomic mass is 10.1. The van der Waals surface area contributed by atoms with Crippen molar-refractivity contribution in [3.05, 3.63) is 66.4 Å². The minimum absolute atomic E-state index is 0.0805. The number of carbonyl (C=O) groups excluding carboxylic acids is 3. The van der Waals surface area contributed by atoms with E-state index in [4.69, 9.17) is 5.73 Å². The van der Waals surface area contributed by atoms with Crippen LogP contribution in [0, 0.1) is 5.92 Å². The quantitative estimate of drug-likeness (QED) is 0.607. The maximum Gasteiger partial charge on any atom is 0.323 e. The van der Waals surface area contributed by atoms with E-state index in [0.29, 0.717) is 35.5 Å². The molecule has 0 bridgehead atoms. The maximum absolute atomic E-state index is 13.2. The molecule has 158 valence electrons. The van der Waals surface area contributed by atoms with Gasteiger partial charge in [-0.1, -0.05) is 48.5 Å². The van der Waals surface area contributed by atoms with E-state index >= 15 is 0 Å². The summed E-state index contributed by atoms with van der Waals surface area (Å²) in [6.45, 7) is 0.424. The molecule has 1 saturated heterocycles. The molecular formula is C23H23N5O3. The van der Waals surface area contributed by atoms with Crippen molar-refractivity contribution in [1.29, 1.82) is 0 Å². The molecule has 4 N–H and O–H groups in total. The van der Waals surface area contributed by atoms with E-state index in [-0.39, 0.29) is 18.0 Å². The van der Waals surface area contributed by atoms with Crippen molar-refractivity contribution in [2.75, 3.05) is 5.32 Å². The van der Waals surface area contributed by atoms with Crippen molar-refractivity contribution in [2.45, 2.75) is 31.5 Å². The van der Waals surface area contributed by atoms with Crippen LogP contribution in [0.15, 0.2) is 60.8 Å². The number of amides is 4. The van der Waals surface area contributed by atoms with Gasteiger partial charge in [0.25, 0.3) is 0 Å². The Bertz CT molecular complexity index is 1170. The largest absolute Gasteiger partial charge is 0.351 e. The fraction of sp³-hybridized carbons (Fsp3) is 0.261. The number of aromatic nitrogens is 1. The Kier molecular flexibility index (Phi) is 4.62. The Balaban J connectivity index is 1.33. The molecule has 2 heterocycles. The predicted octanol–water partition coefficient (Wildman–Crippen LogP) is 2.88. The number of nitrogens with one attached hydrogen (secondary N) is 2. The Morgan fingerprint density at radius 3 is 2.52 bits per heavy atom. The Morgan fingerprint density at radius 2 is 1.74 bits per heavy atom. The Labute approximate surface area is 179 Å². The average molecular weight is 417 g/mol. The number of benzene rings is 2. The number of likely N-dealkylation sites (tertiary alicyclic amines) is 1. The molecule has 0 unspecified atom stereocenters. The number of nitrogens with two attached hydrogens (primary N) is 1. The standard InChI is InChI=1S/C23H23N5O3/c24-22(30)27-13-17(16-8-4-5-9-18(16)27)26-23(31)28-19-10-15(19)11-20(28)21(29)25-12-14-6-2-1-3-7-14/h1-9,13,15,19-20H,10-12H2,(H2,24,30)(H,25,29)(H,26,31)/t15-,19-,20+/m1/s1. The molecule has 3 aromatic rings. The van der Waals surface area contributed by atoms with Crippen LogP contribution in [0.1, 0.15) is 18.4 Å². The van der Waals surface area contributed by atoms with Crippen LogP contribution in [0.2, 0.25) is 0 Å². The van der Waals surface area contributed by atoms with Crippen LogP contribution in [-0.4, -0.2) is 39.5 Å². The van der Waals surface area contributed by atoms with Gasteiger partial charge < -0.3 is 21.3 Å². The zero-order chi connectivity index (χ0) is 21.5. The van der Waals surface area contributed by atoms with Gasteiger partial charge in [0.1, 0.15) is 6.04 Å². The van der Waals surface area contributed by atoms with Crippen molar-refractivity contribution >= 4 is 34.6 Å². The summed E-state index contributed by atoms with van der Waals surface area (Å²) in [4.78, 5) is 39.5. The molecule has 1 aromatic heterocycles. The number of rotatable bonds is 4. The zero-order valence-corrected chi connectivity index (χ0v) is 16.8. The predicted molar refractivity (Wildman–Crippen MR) is 116 cm³/mol. The van der Waals surface area contributed by atoms with E-state index < -0.39 is 12.1 Å². The normalized spacial score (nSPS) is 21.5. The molecule has 2 aliphatic rings. The van der Waals surface area contributed by atoms with Crippen LogP contribution in [0.5, 0.6) is 0 Å². The number of urea groups is 1. The van der Waals surface area contributed by atoms with Crippen molar-refractivity contribution in [3.8, 4) is 0 Å². The number of piperidine rings is 1. The number of para-hydroxylation sites is 1. The van der Waals surface area contributed by atoms with Gasteiger partial charge in [0, 0.05) is 24.2 Å². The summed E-state index contributed by atoms with van der Waals surface area (Å²) in [5.41, 5.74) is 7.59. The molecule has 0 spiro atoms. The lowest BCUT2D eigenvalue weighted by Crippen LogP contribution is -2.49. The first-order valence-corrected chi connectivity index (χ1v) is 10.3. The van der Waals surface area contributed by atoms with Crippen molar-refractivity contribution in [3.63, 3.8) is 0 Å². The van der Waals surface area contributed by atoms with E-state index in [1.54, 1.807) is 17.0 Å². The molecule has 8 nitrogen and oxygen atoms in total. The first-order chi connectivity index (χ1) is 15.0. The van der Waals surface area contributed by atoms with Gasteiger partial charge in [-0.3, -0.25) is 9.36 Å². The smallest absolute Gasteiger partial charge is 0.323 e. The number of hydrogen-bond acceptors (Lipinski definition) is 3. The topological polar surface area (TPSA) is 109 Å². The van der Waals surface area contributed by atoms with Crippen molar-refractivity contribution in [2.24, 2.45) is 11.7 Å². The van der Waals surface area contributed by atoms with Crippen LogP contribution in [0.4, 0.5) is 15.3 Å². The number of anilines is 1.